The number of nitrogens with zero attached hydrogens (tertiary/aromatic N) is 4. The van der Waals surface area contributed by atoms with Gasteiger partial charge in [-0.3, -0.25) is 9.58 Å². The van der Waals surface area contributed by atoms with Gasteiger partial charge in [-0.05, 0) is 39.9 Å². The number of nitrogens with one attached hydrogen (secondary N) is 1. The van der Waals surface area contributed by atoms with Crippen LogP contribution in [0.25, 0.3) is 0 Å². The van der Waals surface area contributed by atoms with Crippen LogP contribution in [0, 0.1) is 6.92 Å². The lowest BCUT2D eigenvalue weighted by Crippen LogP contribution is -2.52. The number of aromatic nitrogens is 2. The van der Waals surface area contributed by atoms with Crippen molar-refractivity contribution in [2.75, 3.05) is 26.2 Å². The molecule has 0 aromatic carbocycles. The van der Waals surface area contributed by atoms with Crippen molar-refractivity contribution in [3.05, 3.63) is 17.5 Å². The Balaban J connectivity index is 1.84. The number of piperazine rings is 1. The van der Waals surface area contributed by atoms with Crippen LogP contribution in [0.15, 0.2) is 6.20 Å². The SMILES string of the molecule is CCn1ncc(CN2CCN(C(=S)NC(C)C)CC2)c1C. The largest absolute Gasteiger partial charge is 0.360 e. The molecule has 1 fully saturated rings. The quantitative estimate of drug-likeness (QED) is 0.855. The smallest absolute Gasteiger partial charge is 0.169 e. The summed E-state index contributed by atoms with van der Waals surface area (Å²) in [5.41, 5.74) is 2.63. The zero-order chi connectivity index (χ0) is 15.4. The molecule has 2 heterocycles. The molecule has 0 atom stereocenters. The highest BCUT2D eigenvalue weighted by atomic mass is 32.1. The van der Waals surface area contributed by atoms with E-state index in [1.165, 1.54) is 11.3 Å². The number of rotatable bonds is 4. The molecule has 5 nitrogen and oxygen atoms in total. The van der Waals surface area contributed by atoms with Gasteiger partial charge in [-0.2, -0.15) is 5.10 Å². The van der Waals surface area contributed by atoms with Crippen LogP contribution in [0.2, 0.25) is 0 Å². The van der Waals surface area contributed by atoms with E-state index in [1.54, 1.807) is 0 Å². The Morgan fingerprint density at radius 2 is 2.00 bits per heavy atom. The van der Waals surface area contributed by atoms with Gasteiger partial charge in [-0.25, -0.2) is 0 Å². The fourth-order valence-corrected chi connectivity index (χ4v) is 3.07. The van der Waals surface area contributed by atoms with Gasteiger partial charge in [0.05, 0.1) is 6.20 Å². The van der Waals surface area contributed by atoms with E-state index in [0.717, 1.165) is 44.4 Å². The maximum atomic E-state index is 5.44. The molecule has 0 unspecified atom stereocenters. The van der Waals surface area contributed by atoms with Crippen molar-refractivity contribution in [2.24, 2.45) is 0 Å². The summed E-state index contributed by atoms with van der Waals surface area (Å²) in [6.07, 6.45) is 2.01. The van der Waals surface area contributed by atoms with Crippen molar-refractivity contribution >= 4 is 17.3 Å². The Labute approximate surface area is 133 Å². The zero-order valence-electron chi connectivity index (χ0n) is 13.6. The van der Waals surface area contributed by atoms with E-state index in [-0.39, 0.29) is 0 Å². The van der Waals surface area contributed by atoms with Gasteiger partial charge in [0.25, 0.3) is 0 Å². The monoisotopic (exact) mass is 309 g/mol. The summed E-state index contributed by atoms with van der Waals surface area (Å²) in [5.74, 6) is 0. The molecule has 1 aliphatic heterocycles. The molecular weight excluding hydrogens is 282 g/mol. The molecule has 0 radical (unpaired) electrons. The minimum atomic E-state index is 0.401. The molecule has 1 aliphatic rings. The maximum absolute atomic E-state index is 5.44. The van der Waals surface area contributed by atoms with Gasteiger partial charge in [0.1, 0.15) is 0 Å². The average Bonchev–Trinajstić information content (AvgIpc) is 2.79. The minimum absolute atomic E-state index is 0.401. The third-order valence-electron chi connectivity index (χ3n) is 3.97. The number of hydrogen-bond acceptors (Lipinski definition) is 3. The van der Waals surface area contributed by atoms with Gasteiger partial charge in [0.15, 0.2) is 5.11 Å². The molecule has 0 saturated carbocycles. The molecule has 0 spiro atoms. The summed E-state index contributed by atoms with van der Waals surface area (Å²) >= 11 is 5.44. The number of aryl methyl sites for hydroxylation is 1. The Bertz CT molecular complexity index is 474. The van der Waals surface area contributed by atoms with Crippen LogP contribution in [0.3, 0.4) is 0 Å². The molecule has 2 rings (SSSR count). The van der Waals surface area contributed by atoms with Gasteiger partial charge in [0, 0.05) is 56.6 Å². The summed E-state index contributed by atoms with van der Waals surface area (Å²) in [6.45, 7) is 14.6. The van der Waals surface area contributed by atoms with E-state index < -0.39 is 0 Å². The van der Waals surface area contributed by atoms with Crippen molar-refractivity contribution in [2.45, 2.75) is 46.8 Å². The summed E-state index contributed by atoms with van der Waals surface area (Å²) in [6, 6.07) is 0.401. The summed E-state index contributed by atoms with van der Waals surface area (Å²) < 4.78 is 2.06. The van der Waals surface area contributed by atoms with Crippen molar-refractivity contribution in [1.82, 2.24) is 24.9 Å². The molecule has 21 heavy (non-hydrogen) atoms. The zero-order valence-corrected chi connectivity index (χ0v) is 14.4. The fraction of sp³-hybridized carbons (Fsp3) is 0.733. The lowest BCUT2D eigenvalue weighted by Gasteiger charge is -2.36. The van der Waals surface area contributed by atoms with Gasteiger partial charge < -0.3 is 10.2 Å². The van der Waals surface area contributed by atoms with E-state index in [0.29, 0.717) is 6.04 Å². The molecule has 1 aromatic heterocycles. The first-order valence-electron chi connectivity index (χ1n) is 7.80. The van der Waals surface area contributed by atoms with Crippen molar-refractivity contribution < 1.29 is 0 Å². The first-order valence-corrected chi connectivity index (χ1v) is 8.21. The highest BCUT2D eigenvalue weighted by molar-refractivity contribution is 7.80. The van der Waals surface area contributed by atoms with Crippen LogP contribution >= 0.6 is 12.2 Å². The summed E-state index contributed by atoms with van der Waals surface area (Å²) in [7, 11) is 0. The Morgan fingerprint density at radius 3 is 2.52 bits per heavy atom. The normalized spacial score (nSPS) is 16.5. The number of thiocarbonyl (C=S) groups is 1. The first kappa shape index (κ1) is 16.2. The molecule has 0 aliphatic carbocycles. The highest BCUT2D eigenvalue weighted by Gasteiger charge is 2.20. The van der Waals surface area contributed by atoms with Crippen LogP contribution in [0.5, 0.6) is 0 Å². The van der Waals surface area contributed by atoms with Crippen molar-refractivity contribution in [1.29, 1.82) is 0 Å². The van der Waals surface area contributed by atoms with Gasteiger partial charge in [-0.1, -0.05) is 0 Å². The molecule has 6 heteroatoms. The van der Waals surface area contributed by atoms with E-state index in [2.05, 4.69) is 52.6 Å². The predicted octanol–water partition coefficient (Wildman–Crippen LogP) is 1.61. The molecule has 1 saturated heterocycles. The van der Waals surface area contributed by atoms with Crippen molar-refractivity contribution in [3.8, 4) is 0 Å². The third-order valence-corrected chi connectivity index (χ3v) is 4.35. The molecule has 1 aromatic rings. The molecule has 1 N–H and O–H groups in total. The lowest BCUT2D eigenvalue weighted by atomic mass is 10.2. The second kappa shape index (κ2) is 7.22. The van der Waals surface area contributed by atoms with Crippen LogP contribution in [0.1, 0.15) is 32.0 Å². The van der Waals surface area contributed by atoms with Crippen LogP contribution in [-0.4, -0.2) is 56.9 Å². The van der Waals surface area contributed by atoms with E-state index in [4.69, 9.17) is 12.2 Å². The predicted molar refractivity (Wildman–Crippen MR) is 90.4 cm³/mol. The van der Waals surface area contributed by atoms with Crippen LogP contribution < -0.4 is 5.32 Å². The summed E-state index contributed by atoms with van der Waals surface area (Å²) in [5, 5.41) is 8.64. The average molecular weight is 309 g/mol. The van der Waals surface area contributed by atoms with Crippen molar-refractivity contribution in [3.63, 3.8) is 0 Å². The standard InChI is InChI=1S/C15H27N5S/c1-5-20-13(4)14(10-16-20)11-18-6-8-19(9-7-18)15(21)17-12(2)3/h10,12H,5-9,11H2,1-4H3,(H,17,21). The van der Waals surface area contributed by atoms with E-state index in [9.17, 15) is 0 Å². The lowest BCUT2D eigenvalue weighted by molar-refractivity contribution is 0.174. The number of hydrogen-bond donors (Lipinski definition) is 1. The van der Waals surface area contributed by atoms with E-state index >= 15 is 0 Å². The van der Waals surface area contributed by atoms with Gasteiger partial charge in [0.2, 0.25) is 0 Å². The highest BCUT2D eigenvalue weighted by Crippen LogP contribution is 2.12. The van der Waals surface area contributed by atoms with Gasteiger partial charge in [-0.15, -0.1) is 0 Å². The van der Waals surface area contributed by atoms with Crippen LogP contribution in [0.4, 0.5) is 0 Å². The second-order valence-electron chi connectivity index (χ2n) is 5.94. The fourth-order valence-electron chi connectivity index (χ4n) is 2.65. The van der Waals surface area contributed by atoms with E-state index in [1.807, 2.05) is 6.20 Å². The Hall–Kier alpha value is -1.14. The van der Waals surface area contributed by atoms with Crippen LogP contribution in [-0.2, 0) is 13.1 Å². The van der Waals surface area contributed by atoms with Gasteiger partial charge >= 0.3 is 0 Å². The minimum Gasteiger partial charge on any atom is -0.360 e. The Morgan fingerprint density at radius 1 is 1.33 bits per heavy atom. The third kappa shape index (κ3) is 4.17. The maximum Gasteiger partial charge on any atom is 0.169 e. The molecule has 118 valence electrons. The second-order valence-corrected chi connectivity index (χ2v) is 6.33. The summed E-state index contributed by atoms with van der Waals surface area (Å²) in [4.78, 5) is 4.76. The topological polar surface area (TPSA) is 36.3 Å². The molecule has 0 bridgehead atoms. The first-order chi connectivity index (χ1) is 10.0. The Kier molecular flexibility index (Phi) is 5.58. The molecular formula is C15H27N5S. The molecule has 0 amide bonds.